The first-order chi connectivity index (χ1) is 15.5. The molecule has 0 aliphatic carbocycles. The summed E-state index contributed by atoms with van der Waals surface area (Å²) in [7, 11) is 1.32. The van der Waals surface area contributed by atoms with Gasteiger partial charge in [-0.15, -0.1) is 0 Å². The van der Waals surface area contributed by atoms with Crippen LogP contribution in [0.15, 0.2) is 52.9 Å². The van der Waals surface area contributed by atoms with Crippen LogP contribution in [-0.2, 0) is 27.3 Å². The summed E-state index contributed by atoms with van der Waals surface area (Å²) in [6.45, 7) is 4.87. The van der Waals surface area contributed by atoms with Crippen molar-refractivity contribution in [2.24, 2.45) is 5.92 Å². The average molecular weight is 437 g/mol. The van der Waals surface area contributed by atoms with E-state index in [0.29, 0.717) is 31.9 Å². The second kappa shape index (κ2) is 9.34. The molecule has 7 heteroatoms. The Morgan fingerprint density at radius 3 is 2.72 bits per heavy atom. The van der Waals surface area contributed by atoms with Crippen LogP contribution in [0.2, 0.25) is 0 Å². The van der Waals surface area contributed by atoms with Crippen molar-refractivity contribution in [2.45, 2.75) is 32.9 Å². The summed E-state index contributed by atoms with van der Waals surface area (Å²) in [5.41, 5.74) is 2.48. The van der Waals surface area contributed by atoms with Gasteiger partial charge in [0, 0.05) is 11.9 Å². The first-order valence-electron chi connectivity index (χ1n) is 10.7. The summed E-state index contributed by atoms with van der Waals surface area (Å²) in [4.78, 5) is 26.6. The van der Waals surface area contributed by atoms with Gasteiger partial charge in [-0.3, -0.25) is 4.90 Å². The number of carbonyl (C=O) groups is 2. The third-order valence-electron chi connectivity index (χ3n) is 5.40. The SMILES string of the molecule is COC(=O)C1c2ccc(OCc3cc4ccccc4o3)cc2CCN1C(=O)OCC(C)C. The van der Waals surface area contributed by atoms with Crippen molar-refractivity contribution in [1.82, 2.24) is 4.90 Å². The Balaban J connectivity index is 1.51. The fourth-order valence-corrected chi connectivity index (χ4v) is 3.84. The number of hydrogen-bond donors (Lipinski definition) is 0. The van der Waals surface area contributed by atoms with Gasteiger partial charge in [0.2, 0.25) is 0 Å². The Morgan fingerprint density at radius 1 is 1.16 bits per heavy atom. The van der Waals surface area contributed by atoms with Gasteiger partial charge in [-0.25, -0.2) is 9.59 Å². The molecule has 168 valence electrons. The monoisotopic (exact) mass is 437 g/mol. The third-order valence-corrected chi connectivity index (χ3v) is 5.40. The zero-order valence-corrected chi connectivity index (χ0v) is 18.5. The van der Waals surface area contributed by atoms with Crippen molar-refractivity contribution in [3.05, 3.63) is 65.4 Å². The van der Waals surface area contributed by atoms with Crippen LogP contribution < -0.4 is 4.74 Å². The van der Waals surface area contributed by atoms with Gasteiger partial charge in [0.05, 0.1) is 13.7 Å². The summed E-state index contributed by atoms with van der Waals surface area (Å²) < 4.78 is 22.1. The topological polar surface area (TPSA) is 78.2 Å². The van der Waals surface area contributed by atoms with Crippen LogP contribution in [-0.4, -0.2) is 37.2 Å². The van der Waals surface area contributed by atoms with Crippen molar-refractivity contribution in [3.63, 3.8) is 0 Å². The van der Waals surface area contributed by atoms with E-state index in [2.05, 4.69) is 0 Å². The van der Waals surface area contributed by atoms with E-state index >= 15 is 0 Å². The number of rotatable bonds is 6. The zero-order chi connectivity index (χ0) is 22.7. The fourth-order valence-electron chi connectivity index (χ4n) is 3.84. The second-order valence-electron chi connectivity index (χ2n) is 8.24. The molecular weight excluding hydrogens is 410 g/mol. The molecule has 7 nitrogen and oxygen atoms in total. The van der Waals surface area contributed by atoms with Crippen LogP contribution in [0.4, 0.5) is 4.79 Å². The number of para-hydroxylation sites is 1. The maximum absolute atomic E-state index is 12.6. The van der Waals surface area contributed by atoms with E-state index in [1.165, 1.54) is 12.0 Å². The largest absolute Gasteiger partial charge is 0.486 e. The summed E-state index contributed by atoms with van der Waals surface area (Å²) in [5, 5.41) is 1.03. The van der Waals surface area contributed by atoms with Gasteiger partial charge in [0.1, 0.15) is 23.7 Å². The minimum Gasteiger partial charge on any atom is -0.486 e. The Kier molecular flexibility index (Phi) is 6.35. The Labute approximate surface area is 186 Å². The van der Waals surface area contributed by atoms with Crippen LogP contribution in [0.3, 0.4) is 0 Å². The molecule has 0 N–H and O–H groups in total. The highest BCUT2D eigenvalue weighted by molar-refractivity contribution is 5.84. The van der Waals surface area contributed by atoms with Gasteiger partial charge >= 0.3 is 12.1 Å². The van der Waals surface area contributed by atoms with Crippen LogP contribution in [0, 0.1) is 5.92 Å². The molecule has 0 saturated heterocycles. The first-order valence-corrected chi connectivity index (χ1v) is 10.7. The number of furan rings is 1. The minimum atomic E-state index is -0.840. The molecule has 2 aromatic carbocycles. The first kappa shape index (κ1) is 21.7. The lowest BCUT2D eigenvalue weighted by atomic mass is 9.92. The highest BCUT2D eigenvalue weighted by Crippen LogP contribution is 2.34. The van der Waals surface area contributed by atoms with Gasteiger partial charge in [-0.05, 0) is 47.7 Å². The van der Waals surface area contributed by atoms with Gasteiger partial charge in [0.25, 0.3) is 0 Å². The standard InChI is InChI=1S/C25H27NO6/c1-16(2)14-31-25(28)26-11-10-17-12-19(8-9-21(17)23(26)24(27)29-3)30-15-20-13-18-6-4-5-7-22(18)32-20/h4-9,12-13,16,23H,10-11,14-15H2,1-3H3. The number of esters is 1. The van der Waals surface area contributed by atoms with Gasteiger partial charge < -0.3 is 18.6 Å². The molecule has 1 unspecified atom stereocenters. The van der Waals surface area contributed by atoms with Crippen molar-refractivity contribution < 1.29 is 28.2 Å². The molecule has 1 amide bonds. The molecular formula is C25H27NO6. The number of ether oxygens (including phenoxy) is 3. The smallest absolute Gasteiger partial charge is 0.410 e. The number of nitrogens with zero attached hydrogens (tertiary/aromatic N) is 1. The highest BCUT2D eigenvalue weighted by Gasteiger charge is 2.38. The number of methoxy groups -OCH3 is 1. The number of amides is 1. The lowest BCUT2D eigenvalue weighted by Gasteiger charge is -2.35. The molecule has 0 saturated carbocycles. The van der Waals surface area contributed by atoms with Crippen LogP contribution in [0.25, 0.3) is 11.0 Å². The van der Waals surface area contributed by atoms with E-state index in [1.807, 2.05) is 56.3 Å². The van der Waals surface area contributed by atoms with Gasteiger partial charge in [-0.1, -0.05) is 38.1 Å². The number of benzene rings is 2. The van der Waals surface area contributed by atoms with Gasteiger partial charge in [-0.2, -0.15) is 0 Å². The molecule has 0 fully saturated rings. The molecule has 32 heavy (non-hydrogen) atoms. The molecule has 1 aromatic heterocycles. The van der Waals surface area contributed by atoms with E-state index in [0.717, 1.165) is 27.9 Å². The second-order valence-corrected chi connectivity index (χ2v) is 8.24. The summed E-state index contributed by atoms with van der Waals surface area (Å²) >= 11 is 0. The number of carbonyl (C=O) groups excluding carboxylic acids is 2. The van der Waals surface area contributed by atoms with E-state index in [-0.39, 0.29) is 5.92 Å². The van der Waals surface area contributed by atoms with Crippen molar-refractivity contribution in [3.8, 4) is 5.75 Å². The van der Waals surface area contributed by atoms with Crippen LogP contribution in [0.1, 0.15) is 36.8 Å². The van der Waals surface area contributed by atoms with E-state index < -0.39 is 18.1 Å². The summed E-state index contributed by atoms with van der Waals surface area (Å²) in [5.74, 6) is 1.11. The van der Waals surface area contributed by atoms with E-state index in [4.69, 9.17) is 18.6 Å². The molecule has 2 heterocycles. The molecule has 1 aliphatic rings. The Morgan fingerprint density at radius 2 is 1.97 bits per heavy atom. The average Bonchev–Trinajstić information content (AvgIpc) is 3.22. The fraction of sp³-hybridized carbons (Fsp3) is 0.360. The molecule has 3 aromatic rings. The Hall–Kier alpha value is -3.48. The summed E-state index contributed by atoms with van der Waals surface area (Å²) in [6, 6.07) is 14.4. The molecule has 4 rings (SSSR count). The van der Waals surface area contributed by atoms with Crippen molar-refractivity contribution >= 4 is 23.0 Å². The molecule has 0 spiro atoms. The Bertz CT molecular complexity index is 1090. The third kappa shape index (κ3) is 4.56. The number of hydrogen-bond acceptors (Lipinski definition) is 6. The normalized spacial score (nSPS) is 15.5. The minimum absolute atomic E-state index is 0.207. The van der Waals surface area contributed by atoms with Crippen LogP contribution >= 0.6 is 0 Å². The maximum Gasteiger partial charge on any atom is 0.410 e. The molecule has 0 radical (unpaired) electrons. The van der Waals surface area contributed by atoms with Crippen molar-refractivity contribution in [2.75, 3.05) is 20.3 Å². The summed E-state index contributed by atoms with van der Waals surface area (Å²) in [6.07, 6.45) is 0.0755. The quantitative estimate of drug-likeness (QED) is 0.512. The molecule has 1 aliphatic heterocycles. The molecule has 0 bridgehead atoms. The van der Waals surface area contributed by atoms with E-state index in [9.17, 15) is 9.59 Å². The lowest BCUT2D eigenvalue weighted by molar-refractivity contribution is -0.147. The van der Waals surface area contributed by atoms with Crippen LogP contribution in [0.5, 0.6) is 5.75 Å². The zero-order valence-electron chi connectivity index (χ0n) is 18.5. The lowest BCUT2D eigenvalue weighted by Crippen LogP contribution is -2.44. The van der Waals surface area contributed by atoms with E-state index in [1.54, 1.807) is 6.07 Å². The predicted octanol–water partition coefficient (Wildman–Crippen LogP) is 4.88. The maximum atomic E-state index is 12.6. The highest BCUT2D eigenvalue weighted by atomic mass is 16.6. The predicted molar refractivity (Wildman–Crippen MR) is 118 cm³/mol. The van der Waals surface area contributed by atoms with Gasteiger partial charge in [0.15, 0.2) is 6.04 Å². The van der Waals surface area contributed by atoms with Crippen molar-refractivity contribution in [1.29, 1.82) is 0 Å². The number of fused-ring (bicyclic) bond motifs is 2. The molecule has 1 atom stereocenters.